The molecule has 2 N–H and O–H groups in total. The van der Waals surface area contributed by atoms with Crippen molar-refractivity contribution in [2.45, 2.75) is 55.9 Å². The number of hydrogen-bond acceptors (Lipinski definition) is 3. The summed E-state index contributed by atoms with van der Waals surface area (Å²) in [5.41, 5.74) is 5.09. The quantitative estimate of drug-likeness (QED) is 0.879. The predicted octanol–water partition coefficient (Wildman–Crippen LogP) is 3.08. The summed E-state index contributed by atoms with van der Waals surface area (Å²) < 4.78 is 0. The number of nitrogens with one attached hydrogen (secondary N) is 2. The van der Waals surface area contributed by atoms with E-state index in [0.717, 1.165) is 18.5 Å². The van der Waals surface area contributed by atoms with Gasteiger partial charge in [0.25, 0.3) is 0 Å². The largest absolute Gasteiger partial charge is 0.384 e. The Morgan fingerprint density at radius 1 is 1.00 bits per heavy atom. The van der Waals surface area contributed by atoms with Gasteiger partial charge in [-0.1, -0.05) is 12.1 Å². The Balaban J connectivity index is 1.34. The van der Waals surface area contributed by atoms with Gasteiger partial charge in [0, 0.05) is 23.7 Å². The van der Waals surface area contributed by atoms with Crippen molar-refractivity contribution < 1.29 is 0 Å². The zero-order valence-corrected chi connectivity index (χ0v) is 14.1. The van der Waals surface area contributed by atoms with E-state index in [0.29, 0.717) is 5.41 Å². The topological polar surface area (TPSA) is 27.3 Å². The van der Waals surface area contributed by atoms with Gasteiger partial charge in [-0.3, -0.25) is 0 Å². The van der Waals surface area contributed by atoms with Crippen LogP contribution in [0.3, 0.4) is 0 Å². The number of nitrogens with zero attached hydrogens (tertiary/aromatic N) is 1. The second-order valence-electron chi connectivity index (χ2n) is 8.23. The summed E-state index contributed by atoms with van der Waals surface area (Å²) in [7, 11) is 0. The van der Waals surface area contributed by atoms with E-state index in [4.69, 9.17) is 0 Å². The van der Waals surface area contributed by atoms with Crippen LogP contribution in [0.2, 0.25) is 0 Å². The molecular formula is C20H29N3. The highest BCUT2D eigenvalue weighted by Gasteiger charge is 2.43. The summed E-state index contributed by atoms with van der Waals surface area (Å²) in [6.07, 6.45) is 8.17. The van der Waals surface area contributed by atoms with E-state index in [2.05, 4.69) is 33.7 Å². The Kier molecular flexibility index (Phi) is 3.41. The van der Waals surface area contributed by atoms with Crippen LogP contribution in [0.15, 0.2) is 18.2 Å². The first-order valence-corrected chi connectivity index (χ1v) is 9.67. The fourth-order valence-corrected chi connectivity index (χ4v) is 5.12. The first kappa shape index (κ1) is 14.3. The van der Waals surface area contributed by atoms with Crippen molar-refractivity contribution in [2.24, 2.45) is 0 Å². The lowest BCUT2D eigenvalue weighted by Gasteiger charge is -2.44. The Labute approximate surface area is 139 Å². The molecular weight excluding hydrogens is 282 g/mol. The molecule has 0 amide bonds. The van der Waals surface area contributed by atoms with E-state index in [1.807, 2.05) is 0 Å². The third-order valence-corrected chi connectivity index (χ3v) is 6.86. The lowest BCUT2D eigenvalue weighted by molar-refractivity contribution is 0.102. The molecule has 3 heteroatoms. The zero-order valence-electron chi connectivity index (χ0n) is 14.1. The second kappa shape index (κ2) is 5.49. The summed E-state index contributed by atoms with van der Waals surface area (Å²) >= 11 is 0. The van der Waals surface area contributed by atoms with Gasteiger partial charge < -0.3 is 15.5 Å². The molecule has 3 fully saturated rings. The van der Waals surface area contributed by atoms with Gasteiger partial charge in [-0.05, 0) is 87.8 Å². The summed E-state index contributed by atoms with van der Waals surface area (Å²) in [6, 6.07) is 8.12. The Hall–Kier alpha value is -1.06. The van der Waals surface area contributed by atoms with Crippen molar-refractivity contribution in [1.29, 1.82) is 0 Å². The van der Waals surface area contributed by atoms with Gasteiger partial charge in [0.1, 0.15) is 0 Å². The van der Waals surface area contributed by atoms with Crippen LogP contribution in [-0.2, 0) is 5.41 Å². The molecule has 0 unspecified atom stereocenters. The standard InChI is InChI=1S/C20H29N3/c1-2-15(1)16-3-4-19-18(13-16)20(14-22-19)7-11-23(12-8-20)17-5-9-21-10-6-17/h3-4,13,15,17,21-22H,1-2,5-12,14H2. The minimum atomic E-state index is 0.420. The SMILES string of the molecule is c1cc2c(cc1C1CC1)C1(CCN(C3CCNCC3)CC1)CN2. The number of benzene rings is 1. The normalized spacial score (nSPS) is 27.8. The Morgan fingerprint density at radius 3 is 2.52 bits per heavy atom. The first-order valence-electron chi connectivity index (χ1n) is 9.67. The van der Waals surface area contributed by atoms with Crippen molar-refractivity contribution in [3.05, 3.63) is 29.3 Å². The molecule has 5 rings (SSSR count). The summed E-state index contributed by atoms with van der Waals surface area (Å²) in [5.74, 6) is 0.868. The van der Waals surface area contributed by atoms with E-state index < -0.39 is 0 Å². The average molecular weight is 311 g/mol. The molecule has 1 aromatic carbocycles. The van der Waals surface area contributed by atoms with E-state index in [9.17, 15) is 0 Å². The monoisotopic (exact) mass is 311 g/mol. The highest BCUT2D eigenvalue weighted by atomic mass is 15.2. The molecule has 0 bridgehead atoms. The molecule has 0 aromatic heterocycles. The smallest absolute Gasteiger partial charge is 0.0379 e. The number of piperidine rings is 2. The van der Waals surface area contributed by atoms with Gasteiger partial charge in [-0.25, -0.2) is 0 Å². The maximum atomic E-state index is 3.71. The number of fused-ring (bicyclic) bond motifs is 2. The third-order valence-electron chi connectivity index (χ3n) is 6.86. The minimum Gasteiger partial charge on any atom is -0.384 e. The molecule has 1 spiro atoms. The van der Waals surface area contributed by atoms with E-state index in [1.165, 1.54) is 70.4 Å². The zero-order chi connectivity index (χ0) is 15.3. The molecule has 4 aliphatic rings. The Bertz CT molecular complexity index is 579. The van der Waals surface area contributed by atoms with E-state index >= 15 is 0 Å². The van der Waals surface area contributed by atoms with Gasteiger partial charge >= 0.3 is 0 Å². The molecule has 3 nitrogen and oxygen atoms in total. The summed E-state index contributed by atoms with van der Waals surface area (Å²) in [5, 5.41) is 7.21. The predicted molar refractivity (Wildman–Crippen MR) is 95.3 cm³/mol. The molecule has 1 aromatic rings. The van der Waals surface area contributed by atoms with Crippen LogP contribution in [0, 0.1) is 0 Å². The molecule has 0 radical (unpaired) electrons. The fourth-order valence-electron chi connectivity index (χ4n) is 5.12. The lowest BCUT2D eigenvalue weighted by Crippen LogP contribution is -2.50. The van der Waals surface area contributed by atoms with Crippen LogP contribution < -0.4 is 10.6 Å². The molecule has 2 saturated heterocycles. The van der Waals surface area contributed by atoms with Crippen LogP contribution in [0.4, 0.5) is 5.69 Å². The van der Waals surface area contributed by atoms with Gasteiger partial charge in [0.05, 0.1) is 0 Å². The molecule has 3 aliphatic heterocycles. The third kappa shape index (κ3) is 2.49. The number of rotatable bonds is 2. The van der Waals surface area contributed by atoms with Crippen molar-refractivity contribution in [3.8, 4) is 0 Å². The van der Waals surface area contributed by atoms with Gasteiger partial charge in [-0.2, -0.15) is 0 Å². The lowest BCUT2D eigenvalue weighted by atomic mass is 9.73. The maximum Gasteiger partial charge on any atom is 0.0379 e. The van der Waals surface area contributed by atoms with Crippen molar-refractivity contribution in [3.63, 3.8) is 0 Å². The first-order chi connectivity index (χ1) is 11.3. The van der Waals surface area contributed by atoms with Crippen LogP contribution in [0.25, 0.3) is 0 Å². The van der Waals surface area contributed by atoms with Crippen LogP contribution in [0.1, 0.15) is 55.6 Å². The second-order valence-corrected chi connectivity index (χ2v) is 8.23. The summed E-state index contributed by atoms with van der Waals surface area (Å²) in [6.45, 7) is 6.16. The van der Waals surface area contributed by atoms with E-state index in [1.54, 1.807) is 11.1 Å². The number of hydrogen-bond donors (Lipinski definition) is 2. The molecule has 1 aliphatic carbocycles. The molecule has 0 atom stereocenters. The van der Waals surface area contributed by atoms with E-state index in [-0.39, 0.29) is 0 Å². The van der Waals surface area contributed by atoms with Gasteiger partial charge in [0.15, 0.2) is 0 Å². The molecule has 3 heterocycles. The van der Waals surface area contributed by atoms with Gasteiger partial charge in [0.2, 0.25) is 0 Å². The van der Waals surface area contributed by atoms with Crippen LogP contribution >= 0.6 is 0 Å². The van der Waals surface area contributed by atoms with Crippen molar-refractivity contribution in [1.82, 2.24) is 10.2 Å². The minimum absolute atomic E-state index is 0.420. The van der Waals surface area contributed by atoms with Crippen molar-refractivity contribution >= 4 is 5.69 Å². The number of anilines is 1. The highest BCUT2D eigenvalue weighted by molar-refractivity contribution is 5.62. The van der Waals surface area contributed by atoms with Crippen LogP contribution in [-0.4, -0.2) is 43.7 Å². The average Bonchev–Trinajstić information content (AvgIpc) is 3.41. The molecule has 1 saturated carbocycles. The van der Waals surface area contributed by atoms with Gasteiger partial charge in [-0.15, -0.1) is 0 Å². The van der Waals surface area contributed by atoms with Crippen molar-refractivity contribution in [2.75, 3.05) is 38.0 Å². The number of likely N-dealkylation sites (tertiary alicyclic amines) is 1. The molecule has 23 heavy (non-hydrogen) atoms. The molecule has 124 valence electrons. The maximum absolute atomic E-state index is 3.71. The summed E-state index contributed by atoms with van der Waals surface area (Å²) in [4.78, 5) is 2.79. The highest BCUT2D eigenvalue weighted by Crippen LogP contribution is 2.48. The fraction of sp³-hybridized carbons (Fsp3) is 0.700. The van der Waals surface area contributed by atoms with Crippen LogP contribution in [0.5, 0.6) is 0 Å². The Morgan fingerprint density at radius 2 is 1.78 bits per heavy atom.